The normalized spacial score (nSPS) is 20.4. The lowest BCUT2D eigenvalue weighted by Gasteiger charge is -2.18. The van der Waals surface area contributed by atoms with E-state index in [4.69, 9.17) is 0 Å². The number of hydrogen-bond donors (Lipinski definition) is 2. The van der Waals surface area contributed by atoms with Crippen molar-refractivity contribution in [2.75, 3.05) is 19.6 Å². The van der Waals surface area contributed by atoms with E-state index in [9.17, 15) is 4.79 Å². The van der Waals surface area contributed by atoms with Gasteiger partial charge in [-0.15, -0.1) is 0 Å². The van der Waals surface area contributed by atoms with Crippen LogP contribution in [0.2, 0.25) is 0 Å². The summed E-state index contributed by atoms with van der Waals surface area (Å²) in [6.07, 6.45) is 2.52. The van der Waals surface area contributed by atoms with Gasteiger partial charge in [-0.05, 0) is 23.6 Å². The molecule has 0 bridgehead atoms. The van der Waals surface area contributed by atoms with Gasteiger partial charge >= 0.3 is 6.03 Å². The summed E-state index contributed by atoms with van der Waals surface area (Å²) in [6, 6.07) is 16.4. The van der Waals surface area contributed by atoms with Crippen LogP contribution in [0.15, 0.2) is 54.7 Å². The number of carbonyl (C=O) groups is 1. The maximum absolute atomic E-state index is 12.1. The van der Waals surface area contributed by atoms with E-state index in [2.05, 4.69) is 51.7 Å². The maximum atomic E-state index is 12.1. The van der Waals surface area contributed by atoms with Crippen LogP contribution in [0, 0.1) is 5.92 Å². The van der Waals surface area contributed by atoms with Gasteiger partial charge in [0, 0.05) is 50.5 Å². The summed E-state index contributed by atoms with van der Waals surface area (Å²) in [6.45, 7) is 5.63. The molecule has 0 unspecified atom stereocenters. The fraction of sp³-hybridized carbons (Fsp3) is 0.400. The predicted molar refractivity (Wildman–Crippen MR) is 99.1 cm³/mol. The summed E-state index contributed by atoms with van der Waals surface area (Å²) in [4.78, 5) is 18.8. The van der Waals surface area contributed by atoms with Crippen molar-refractivity contribution in [2.45, 2.75) is 25.9 Å². The zero-order valence-electron chi connectivity index (χ0n) is 14.7. The molecule has 1 fully saturated rings. The first-order valence-electron chi connectivity index (χ1n) is 8.91. The van der Waals surface area contributed by atoms with Crippen molar-refractivity contribution in [3.05, 3.63) is 66.0 Å². The Labute approximate surface area is 149 Å². The molecule has 5 heteroatoms. The molecular weight excluding hydrogens is 312 g/mol. The number of nitrogens with one attached hydrogen (secondary N) is 2. The Morgan fingerprint density at radius 2 is 1.96 bits per heavy atom. The molecular formula is C20H26N4O. The summed E-state index contributed by atoms with van der Waals surface area (Å²) < 4.78 is 0. The van der Waals surface area contributed by atoms with Gasteiger partial charge in [-0.25, -0.2) is 4.79 Å². The van der Waals surface area contributed by atoms with Crippen LogP contribution in [0.5, 0.6) is 0 Å². The van der Waals surface area contributed by atoms with Gasteiger partial charge < -0.3 is 10.6 Å². The standard InChI is InChI=1S/C20H26N4O/c1-16-13-24(14-17-7-3-2-4-8-17)15-19(16)23-20(25)22-12-10-18-9-5-6-11-21-18/h2-9,11,16,19H,10,12-15H2,1H3,(H2,22,23,25)/t16-,19+/m0/s1. The van der Waals surface area contributed by atoms with Crippen molar-refractivity contribution in [1.29, 1.82) is 0 Å². The zero-order valence-corrected chi connectivity index (χ0v) is 14.7. The molecule has 132 valence electrons. The number of likely N-dealkylation sites (tertiary alicyclic amines) is 1. The van der Waals surface area contributed by atoms with Crippen molar-refractivity contribution in [3.63, 3.8) is 0 Å². The lowest BCUT2D eigenvalue weighted by Crippen LogP contribution is -2.45. The molecule has 3 rings (SSSR count). The third kappa shape index (κ3) is 5.29. The Morgan fingerprint density at radius 3 is 2.72 bits per heavy atom. The number of benzene rings is 1. The maximum Gasteiger partial charge on any atom is 0.315 e. The van der Waals surface area contributed by atoms with Gasteiger partial charge in [-0.3, -0.25) is 9.88 Å². The molecule has 2 atom stereocenters. The highest BCUT2D eigenvalue weighted by atomic mass is 16.2. The fourth-order valence-corrected chi connectivity index (χ4v) is 3.30. The van der Waals surface area contributed by atoms with E-state index in [1.165, 1.54) is 5.56 Å². The van der Waals surface area contributed by atoms with Gasteiger partial charge in [0.05, 0.1) is 0 Å². The minimum absolute atomic E-state index is 0.0886. The van der Waals surface area contributed by atoms with Crippen molar-refractivity contribution in [1.82, 2.24) is 20.5 Å². The van der Waals surface area contributed by atoms with Crippen LogP contribution in [0.25, 0.3) is 0 Å². The van der Waals surface area contributed by atoms with E-state index >= 15 is 0 Å². The molecule has 1 aromatic heterocycles. The van der Waals surface area contributed by atoms with Crippen LogP contribution in [-0.4, -0.2) is 41.6 Å². The second-order valence-corrected chi connectivity index (χ2v) is 6.73. The zero-order chi connectivity index (χ0) is 17.5. The molecule has 2 aromatic rings. The molecule has 0 aliphatic carbocycles. The Kier molecular flexibility index (Phi) is 6.01. The number of pyridine rings is 1. The minimum Gasteiger partial charge on any atom is -0.338 e. The van der Waals surface area contributed by atoms with Crippen LogP contribution in [0.4, 0.5) is 4.79 Å². The van der Waals surface area contributed by atoms with Crippen molar-refractivity contribution in [3.8, 4) is 0 Å². The number of rotatable bonds is 6. The van der Waals surface area contributed by atoms with Gasteiger partial charge in [-0.1, -0.05) is 43.3 Å². The average Bonchev–Trinajstić information content (AvgIpc) is 2.96. The quantitative estimate of drug-likeness (QED) is 0.851. The fourth-order valence-electron chi connectivity index (χ4n) is 3.30. The third-order valence-electron chi connectivity index (χ3n) is 4.65. The summed E-state index contributed by atoms with van der Waals surface area (Å²) in [5, 5.41) is 6.05. The molecule has 1 saturated heterocycles. The second-order valence-electron chi connectivity index (χ2n) is 6.73. The highest BCUT2D eigenvalue weighted by Crippen LogP contribution is 2.18. The molecule has 0 spiro atoms. The van der Waals surface area contributed by atoms with Crippen LogP contribution in [0.1, 0.15) is 18.2 Å². The Bertz CT molecular complexity index is 662. The van der Waals surface area contributed by atoms with E-state index in [0.29, 0.717) is 12.5 Å². The van der Waals surface area contributed by atoms with Crippen LogP contribution >= 0.6 is 0 Å². The van der Waals surface area contributed by atoms with Crippen molar-refractivity contribution >= 4 is 6.03 Å². The monoisotopic (exact) mass is 338 g/mol. The number of nitrogens with zero attached hydrogens (tertiary/aromatic N) is 2. The van der Waals surface area contributed by atoms with Gasteiger partial charge in [0.25, 0.3) is 0 Å². The molecule has 2 N–H and O–H groups in total. The van der Waals surface area contributed by atoms with Gasteiger partial charge in [-0.2, -0.15) is 0 Å². The lowest BCUT2D eigenvalue weighted by atomic mass is 10.1. The molecule has 2 heterocycles. The number of aromatic nitrogens is 1. The van der Waals surface area contributed by atoms with E-state index in [1.807, 2.05) is 24.3 Å². The van der Waals surface area contributed by atoms with Crippen molar-refractivity contribution < 1.29 is 4.79 Å². The third-order valence-corrected chi connectivity index (χ3v) is 4.65. The first kappa shape index (κ1) is 17.4. The van der Waals surface area contributed by atoms with Crippen LogP contribution in [0.3, 0.4) is 0 Å². The van der Waals surface area contributed by atoms with E-state index < -0.39 is 0 Å². The molecule has 5 nitrogen and oxygen atoms in total. The highest BCUT2D eigenvalue weighted by molar-refractivity contribution is 5.74. The predicted octanol–water partition coefficient (Wildman–Crippen LogP) is 2.44. The molecule has 1 aliphatic heterocycles. The number of amides is 2. The topological polar surface area (TPSA) is 57.3 Å². The van der Waals surface area contributed by atoms with E-state index in [0.717, 1.165) is 31.7 Å². The largest absolute Gasteiger partial charge is 0.338 e. The Balaban J connectivity index is 1.40. The second kappa shape index (κ2) is 8.62. The molecule has 0 radical (unpaired) electrons. The van der Waals surface area contributed by atoms with Crippen molar-refractivity contribution in [2.24, 2.45) is 5.92 Å². The highest BCUT2D eigenvalue weighted by Gasteiger charge is 2.30. The Morgan fingerprint density at radius 1 is 1.16 bits per heavy atom. The number of urea groups is 1. The average molecular weight is 338 g/mol. The molecule has 0 saturated carbocycles. The SMILES string of the molecule is C[C@H]1CN(Cc2ccccc2)C[C@H]1NC(=O)NCCc1ccccn1. The smallest absolute Gasteiger partial charge is 0.315 e. The lowest BCUT2D eigenvalue weighted by molar-refractivity contribution is 0.234. The Hall–Kier alpha value is -2.40. The van der Waals surface area contributed by atoms with E-state index in [-0.39, 0.29) is 12.1 Å². The molecule has 2 amide bonds. The number of carbonyl (C=O) groups excluding carboxylic acids is 1. The minimum atomic E-state index is -0.0886. The van der Waals surface area contributed by atoms with Crippen LogP contribution < -0.4 is 10.6 Å². The van der Waals surface area contributed by atoms with Gasteiger partial charge in [0.1, 0.15) is 0 Å². The molecule has 25 heavy (non-hydrogen) atoms. The first-order chi connectivity index (χ1) is 12.2. The van der Waals surface area contributed by atoms with Gasteiger partial charge in [0.15, 0.2) is 0 Å². The summed E-state index contributed by atoms with van der Waals surface area (Å²) in [5.41, 5.74) is 2.31. The summed E-state index contributed by atoms with van der Waals surface area (Å²) in [7, 11) is 0. The molecule has 1 aromatic carbocycles. The first-order valence-corrected chi connectivity index (χ1v) is 8.91. The summed E-state index contributed by atoms with van der Waals surface area (Å²) >= 11 is 0. The van der Waals surface area contributed by atoms with Gasteiger partial charge in [0.2, 0.25) is 0 Å². The van der Waals surface area contributed by atoms with E-state index in [1.54, 1.807) is 6.20 Å². The summed E-state index contributed by atoms with van der Waals surface area (Å²) in [5.74, 6) is 0.449. The number of hydrogen-bond acceptors (Lipinski definition) is 3. The van der Waals surface area contributed by atoms with Crippen LogP contribution in [-0.2, 0) is 13.0 Å². The molecule has 1 aliphatic rings.